The van der Waals surface area contributed by atoms with Gasteiger partial charge in [0.05, 0.1) is 3.94 Å². The molecule has 0 atom stereocenters. The lowest BCUT2D eigenvalue weighted by Crippen LogP contribution is -2.42. The monoisotopic (exact) mass is 452 g/mol. The number of rotatable bonds is 8. The van der Waals surface area contributed by atoms with Crippen LogP contribution in [0.5, 0.6) is 0 Å². The van der Waals surface area contributed by atoms with E-state index in [0.717, 1.165) is 0 Å². The van der Waals surface area contributed by atoms with Gasteiger partial charge in [0, 0.05) is 24.2 Å². The van der Waals surface area contributed by atoms with E-state index >= 15 is 0 Å². The number of hydrogen-bond acceptors (Lipinski definition) is 4. The van der Waals surface area contributed by atoms with E-state index in [2.05, 4.69) is 106 Å². The van der Waals surface area contributed by atoms with Gasteiger partial charge in [-0.1, -0.05) is 65.1 Å². The summed E-state index contributed by atoms with van der Waals surface area (Å²) in [5.74, 6) is 0. The lowest BCUT2D eigenvalue weighted by atomic mass is 10.2. The zero-order valence-corrected chi connectivity index (χ0v) is 23.8. The van der Waals surface area contributed by atoms with Crippen molar-refractivity contribution in [2.45, 2.75) is 131 Å². The lowest BCUT2D eigenvalue weighted by Gasteiger charge is -2.48. The zero-order valence-electron chi connectivity index (χ0n) is 20.4. The van der Waals surface area contributed by atoms with Gasteiger partial charge in [-0.15, -0.1) is 0 Å². The van der Waals surface area contributed by atoms with Crippen molar-refractivity contribution in [3.05, 3.63) is 0 Å². The molecule has 0 amide bonds. The summed E-state index contributed by atoms with van der Waals surface area (Å²) in [5.41, 5.74) is 0. The highest BCUT2D eigenvalue weighted by Gasteiger charge is 2.41. The predicted molar refractivity (Wildman–Crippen MR) is 138 cm³/mol. The Morgan fingerprint density at radius 2 is 0.926 bits per heavy atom. The first-order valence-electron chi connectivity index (χ1n) is 10.3. The van der Waals surface area contributed by atoms with Gasteiger partial charge in [0.15, 0.2) is 0 Å². The van der Waals surface area contributed by atoms with Crippen LogP contribution in [0.4, 0.5) is 0 Å². The first-order valence-corrected chi connectivity index (χ1v) is 14.7. The smallest absolute Gasteiger partial charge is 0.110 e. The van der Waals surface area contributed by atoms with Crippen molar-refractivity contribution in [3.8, 4) is 0 Å². The summed E-state index contributed by atoms with van der Waals surface area (Å²) < 4.78 is 6.64. The van der Waals surface area contributed by atoms with Crippen molar-refractivity contribution in [1.29, 1.82) is 0 Å². The Kier molecular flexibility index (Phi) is 11.5. The maximum atomic E-state index is 6.19. The molecule has 0 aliphatic heterocycles. The Labute approximate surface area is 183 Å². The largest absolute Gasteiger partial charge is 0.256 e. The molecule has 0 aromatic carbocycles. The second kappa shape index (κ2) is 11.0. The van der Waals surface area contributed by atoms with Gasteiger partial charge in [-0.3, -0.25) is 9.34 Å². The third kappa shape index (κ3) is 8.47. The van der Waals surface area contributed by atoms with Crippen molar-refractivity contribution < 1.29 is 0 Å². The zero-order chi connectivity index (χ0) is 21.9. The van der Waals surface area contributed by atoms with Gasteiger partial charge in [-0.05, 0) is 73.6 Å². The van der Waals surface area contributed by atoms with E-state index < -0.39 is 15.3 Å². The molecule has 0 fully saturated rings. The number of hydrogen-bond donors (Lipinski definition) is 0. The molecular weight excluding hydrogens is 406 g/mol. The third-order valence-corrected chi connectivity index (χ3v) is 14.8. The first kappa shape index (κ1) is 28.2. The van der Waals surface area contributed by atoms with Crippen LogP contribution in [0, 0.1) is 0 Å². The molecule has 0 rings (SSSR count). The lowest BCUT2D eigenvalue weighted by molar-refractivity contribution is 0.264. The Bertz CT molecular complexity index is 416. The summed E-state index contributed by atoms with van der Waals surface area (Å²) >= 11 is 8.20. The quantitative estimate of drug-likeness (QED) is 0.269. The standard InChI is InChI=1S/C21H46N2P2S2/c1-15(2)22(16(3)4)25(23(17(5)6)18(7)8)27-19(26)24(20(9,10)11)21(12,13)14/h15-18H,1-14H3. The molecule has 0 saturated heterocycles. The molecular formula is C21H46N2P2S2. The third-order valence-electron chi connectivity index (χ3n) is 4.20. The maximum Gasteiger partial charge on any atom is 0.110 e. The van der Waals surface area contributed by atoms with Gasteiger partial charge in [0.2, 0.25) is 0 Å². The molecule has 0 heterocycles. The van der Waals surface area contributed by atoms with Gasteiger partial charge in [-0.2, -0.15) is 0 Å². The summed E-state index contributed by atoms with van der Waals surface area (Å²) in [6.45, 7) is 32.8. The molecule has 0 aromatic rings. The highest BCUT2D eigenvalue weighted by atomic mass is 32.7. The Balaban J connectivity index is 6.13. The fourth-order valence-electron chi connectivity index (χ4n) is 3.86. The Morgan fingerprint density at radius 1 is 0.667 bits per heavy atom. The van der Waals surface area contributed by atoms with Crippen LogP contribution >= 0.6 is 38.9 Å². The van der Waals surface area contributed by atoms with Crippen LogP contribution in [0.25, 0.3) is 0 Å². The van der Waals surface area contributed by atoms with E-state index in [-0.39, 0.29) is 10.3 Å². The molecule has 0 radical (unpaired) electrons. The van der Waals surface area contributed by atoms with E-state index in [4.69, 9.17) is 12.2 Å². The molecule has 0 saturated carbocycles. The van der Waals surface area contributed by atoms with E-state index in [1.807, 2.05) is 11.4 Å². The minimum atomic E-state index is -0.553. The minimum Gasteiger partial charge on any atom is -0.256 e. The average Bonchev–Trinajstić information content (AvgIpc) is 2.31. The molecule has 0 bridgehead atoms. The first-order chi connectivity index (χ1) is 11.9. The normalized spacial score (nSPS) is 14.3. The molecule has 0 N–H and O–H groups in total. The van der Waals surface area contributed by atoms with Crippen LogP contribution in [0.15, 0.2) is 0 Å². The summed E-state index contributed by atoms with van der Waals surface area (Å²) in [6, 6.07) is 2.01. The van der Waals surface area contributed by atoms with Gasteiger partial charge in [0.25, 0.3) is 0 Å². The summed E-state index contributed by atoms with van der Waals surface area (Å²) in [5, 5.41) is 0.444. The topological polar surface area (TPSA) is 6.48 Å². The van der Waals surface area contributed by atoms with Crippen LogP contribution in [-0.4, -0.2) is 47.8 Å². The molecule has 6 heteroatoms. The van der Waals surface area contributed by atoms with E-state index in [9.17, 15) is 0 Å². The van der Waals surface area contributed by atoms with Crippen molar-refractivity contribution in [2.75, 3.05) is 0 Å². The molecule has 2 nitrogen and oxygen atoms in total. The van der Waals surface area contributed by atoms with Crippen molar-refractivity contribution in [1.82, 2.24) is 9.34 Å². The summed E-state index contributed by atoms with van der Waals surface area (Å²) in [4.78, 5) is 0. The van der Waals surface area contributed by atoms with Crippen LogP contribution in [-0.2, 0) is 0 Å². The molecule has 0 spiro atoms. The maximum absolute atomic E-state index is 6.19. The van der Waals surface area contributed by atoms with Crippen molar-refractivity contribution in [3.63, 3.8) is 0 Å². The van der Waals surface area contributed by atoms with E-state index in [1.54, 1.807) is 0 Å². The molecule has 0 aromatic heterocycles. The second-order valence-corrected chi connectivity index (χ2v) is 19.0. The van der Waals surface area contributed by atoms with E-state index in [1.165, 1.54) is 3.94 Å². The number of thiocarbonyl (C=S) groups is 1. The van der Waals surface area contributed by atoms with Crippen LogP contribution < -0.4 is 0 Å². The molecule has 162 valence electrons. The van der Waals surface area contributed by atoms with Gasteiger partial charge in [-0.25, -0.2) is 0 Å². The second-order valence-electron chi connectivity index (χ2n) is 10.4. The molecule has 0 aliphatic rings. The van der Waals surface area contributed by atoms with Crippen LogP contribution in [0.3, 0.4) is 0 Å². The predicted octanol–water partition coefficient (Wildman–Crippen LogP) is 8.55. The highest BCUT2D eigenvalue weighted by molar-refractivity contribution is 8.68. The highest BCUT2D eigenvalue weighted by Crippen LogP contribution is 2.70. The van der Waals surface area contributed by atoms with Gasteiger partial charge in [0.1, 0.15) is 7.42 Å². The SMILES string of the molecule is CC(C)N(C(C)C)P(SC(=S)P(C(C)(C)C)C(C)(C)C)N(C(C)C)C(C)C. The van der Waals surface area contributed by atoms with Gasteiger partial charge >= 0.3 is 0 Å². The average molecular weight is 453 g/mol. The summed E-state index contributed by atoms with van der Waals surface area (Å²) in [6.07, 6.45) is 0. The van der Waals surface area contributed by atoms with Crippen LogP contribution in [0.2, 0.25) is 0 Å². The molecule has 27 heavy (non-hydrogen) atoms. The van der Waals surface area contributed by atoms with E-state index in [0.29, 0.717) is 24.2 Å². The van der Waals surface area contributed by atoms with Crippen molar-refractivity contribution >= 4 is 42.9 Å². The van der Waals surface area contributed by atoms with Crippen LogP contribution in [0.1, 0.15) is 96.9 Å². The fourth-order valence-corrected chi connectivity index (χ4v) is 18.0. The number of nitrogens with zero attached hydrogens (tertiary/aromatic N) is 2. The Hall–Kier alpha value is 1.22. The Morgan fingerprint density at radius 3 is 1.11 bits per heavy atom. The molecule has 0 aliphatic carbocycles. The summed E-state index contributed by atoms with van der Waals surface area (Å²) in [7, 11) is -0.959. The van der Waals surface area contributed by atoms with Gasteiger partial charge < -0.3 is 0 Å². The fraction of sp³-hybridized carbons (Fsp3) is 0.952. The van der Waals surface area contributed by atoms with Crippen molar-refractivity contribution in [2.24, 2.45) is 0 Å². The minimum absolute atomic E-state index is 0.222. The molecule has 0 unspecified atom stereocenters.